The predicted molar refractivity (Wildman–Crippen MR) is 97.6 cm³/mol. The molecule has 26 heavy (non-hydrogen) atoms. The first kappa shape index (κ1) is 19.9. The number of hydrogen-bond acceptors (Lipinski definition) is 4. The number of amides is 2. The summed E-state index contributed by atoms with van der Waals surface area (Å²) in [6.45, 7) is 8.08. The maximum Gasteiger partial charge on any atom is 0.317 e. The zero-order chi connectivity index (χ0) is 19.5. The molecule has 1 aliphatic rings. The van der Waals surface area contributed by atoms with E-state index in [2.05, 4.69) is 5.32 Å². The van der Waals surface area contributed by atoms with E-state index < -0.39 is 11.4 Å². The number of hydrogen-bond donors (Lipinski definition) is 2. The van der Waals surface area contributed by atoms with Crippen LogP contribution in [0, 0.1) is 5.41 Å². The molecule has 1 aliphatic heterocycles. The quantitative estimate of drug-likeness (QED) is 0.810. The van der Waals surface area contributed by atoms with Crippen molar-refractivity contribution in [3.8, 4) is 11.5 Å². The van der Waals surface area contributed by atoms with Crippen molar-refractivity contribution in [1.29, 1.82) is 0 Å². The van der Waals surface area contributed by atoms with Gasteiger partial charge >= 0.3 is 12.0 Å². The van der Waals surface area contributed by atoms with Gasteiger partial charge in [-0.05, 0) is 51.8 Å². The van der Waals surface area contributed by atoms with Crippen molar-refractivity contribution < 1.29 is 24.2 Å². The van der Waals surface area contributed by atoms with Crippen LogP contribution in [0.15, 0.2) is 18.2 Å². The number of ether oxygens (including phenoxy) is 2. The Morgan fingerprint density at radius 1 is 1.27 bits per heavy atom. The van der Waals surface area contributed by atoms with Crippen LogP contribution in [0.4, 0.5) is 4.79 Å². The van der Waals surface area contributed by atoms with E-state index >= 15 is 0 Å². The number of carboxylic acid groups (broad SMARTS) is 1. The van der Waals surface area contributed by atoms with Crippen LogP contribution >= 0.6 is 0 Å². The summed E-state index contributed by atoms with van der Waals surface area (Å²) in [5, 5.41) is 12.2. The molecular weight excluding hydrogens is 336 g/mol. The number of carboxylic acids is 1. The highest BCUT2D eigenvalue weighted by Crippen LogP contribution is 2.32. The first-order valence-electron chi connectivity index (χ1n) is 8.79. The Labute approximate surface area is 154 Å². The molecule has 0 aromatic heterocycles. The standard InChI is InChI=1S/C19H28N2O5/c1-12(2)26-15-7-6-14(10-16(15)25-5)13(3)20-18(24)21-9-8-19(4,11-21)17(22)23/h6-7,10,12-13H,8-9,11H2,1-5H3,(H,20,24)(H,22,23). The fourth-order valence-corrected chi connectivity index (χ4v) is 2.97. The van der Waals surface area contributed by atoms with E-state index in [1.165, 1.54) is 0 Å². The highest BCUT2D eigenvalue weighted by atomic mass is 16.5. The summed E-state index contributed by atoms with van der Waals surface area (Å²) in [7, 11) is 1.58. The van der Waals surface area contributed by atoms with E-state index in [0.717, 1.165) is 5.56 Å². The lowest BCUT2D eigenvalue weighted by Crippen LogP contribution is -2.41. The highest BCUT2D eigenvalue weighted by Gasteiger charge is 2.42. The van der Waals surface area contributed by atoms with Gasteiger partial charge < -0.3 is 24.8 Å². The minimum Gasteiger partial charge on any atom is -0.493 e. The van der Waals surface area contributed by atoms with Gasteiger partial charge in [0.25, 0.3) is 0 Å². The number of nitrogens with zero attached hydrogens (tertiary/aromatic N) is 1. The Morgan fingerprint density at radius 3 is 2.50 bits per heavy atom. The van der Waals surface area contributed by atoms with Crippen LogP contribution < -0.4 is 14.8 Å². The number of carbonyl (C=O) groups excluding carboxylic acids is 1. The van der Waals surface area contributed by atoms with Gasteiger partial charge in [0.05, 0.1) is 24.7 Å². The molecule has 0 spiro atoms. The van der Waals surface area contributed by atoms with Crippen LogP contribution in [0.5, 0.6) is 11.5 Å². The second-order valence-corrected chi connectivity index (χ2v) is 7.29. The average molecular weight is 364 g/mol. The van der Waals surface area contributed by atoms with Crippen molar-refractivity contribution in [2.75, 3.05) is 20.2 Å². The second-order valence-electron chi connectivity index (χ2n) is 7.29. The maximum absolute atomic E-state index is 12.5. The third-order valence-electron chi connectivity index (χ3n) is 4.67. The molecule has 0 aliphatic carbocycles. The van der Waals surface area contributed by atoms with Gasteiger partial charge in [0.2, 0.25) is 0 Å². The molecule has 1 aromatic rings. The Hall–Kier alpha value is -2.44. The van der Waals surface area contributed by atoms with Crippen molar-refractivity contribution in [2.45, 2.75) is 46.3 Å². The zero-order valence-corrected chi connectivity index (χ0v) is 16.0. The van der Waals surface area contributed by atoms with E-state index in [1.807, 2.05) is 39.0 Å². The van der Waals surface area contributed by atoms with Crippen LogP contribution in [0.1, 0.15) is 45.7 Å². The van der Waals surface area contributed by atoms with Gasteiger partial charge in [0.1, 0.15) is 0 Å². The number of nitrogens with one attached hydrogen (secondary N) is 1. The van der Waals surface area contributed by atoms with Gasteiger partial charge in [-0.3, -0.25) is 4.79 Å². The van der Waals surface area contributed by atoms with Crippen LogP contribution in [0.3, 0.4) is 0 Å². The number of urea groups is 1. The van der Waals surface area contributed by atoms with E-state index in [-0.39, 0.29) is 24.7 Å². The van der Waals surface area contributed by atoms with Gasteiger partial charge in [-0.2, -0.15) is 0 Å². The third-order valence-corrected chi connectivity index (χ3v) is 4.67. The lowest BCUT2D eigenvalue weighted by Gasteiger charge is -2.23. The minimum absolute atomic E-state index is 0.0330. The molecule has 0 saturated carbocycles. The molecule has 2 N–H and O–H groups in total. The van der Waals surface area contributed by atoms with Crippen molar-refractivity contribution in [3.05, 3.63) is 23.8 Å². The van der Waals surface area contributed by atoms with Gasteiger partial charge in [0, 0.05) is 13.1 Å². The van der Waals surface area contributed by atoms with E-state index in [9.17, 15) is 14.7 Å². The molecule has 2 atom stereocenters. The fourth-order valence-electron chi connectivity index (χ4n) is 2.97. The van der Waals surface area contributed by atoms with Crippen molar-refractivity contribution >= 4 is 12.0 Å². The Balaban J connectivity index is 2.04. The summed E-state index contributed by atoms with van der Waals surface area (Å²) < 4.78 is 11.1. The van der Waals surface area contributed by atoms with Crippen LogP contribution in [0.25, 0.3) is 0 Å². The topological polar surface area (TPSA) is 88.1 Å². The maximum atomic E-state index is 12.5. The zero-order valence-electron chi connectivity index (χ0n) is 16.0. The number of likely N-dealkylation sites (tertiary alicyclic amines) is 1. The first-order valence-corrected chi connectivity index (χ1v) is 8.79. The van der Waals surface area contributed by atoms with Gasteiger partial charge in [0.15, 0.2) is 11.5 Å². The molecule has 7 heteroatoms. The normalized spacial score (nSPS) is 20.8. The Morgan fingerprint density at radius 2 is 1.96 bits per heavy atom. The molecular formula is C19H28N2O5. The van der Waals surface area contributed by atoms with Crippen LogP contribution in [0.2, 0.25) is 0 Å². The predicted octanol–water partition coefficient (Wildman–Crippen LogP) is 3.05. The van der Waals surface area contributed by atoms with Gasteiger partial charge in [-0.25, -0.2) is 4.79 Å². The van der Waals surface area contributed by atoms with Crippen molar-refractivity contribution in [2.24, 2.45) is 5.41 Å². The molecule has 1 heterocycles. The SMILES string of the molecule is COc1cc(C(C)NC(=O)N2CCC(C)(C(=O)O)C2)ccc1OC(C)C. The molecule has 1 aromatic carbocycles. The van der Waals surface area contributed by atoms with E-state index in [1.54, 1.807) is 18.9 Å². The van der Waals surface area contributed by atoms with Gasteiger partial charge in [-0.15, -0.1) is 0 Å². The lowest BCUT2D eigenvalue weighted by atomic mass is 9.90. The number of benzene rings is 1. The smallest absolute Gasteiger partial charge is 0.317 e. The lowest BCUT2D eigenvalue weighted by molar-refractivity contribution is -0.147. The van der Waals surface area contributed by atoms with E-state index in [4.69, 9.17) is 9.47 Å². The third kappa shape index (κ3) is 4.39. The number of aliphatic carboxylic acids is 1. The van der Waals surface area contributed by atoms with Crippen molar-refractivity contribution in [1.82, 2.24) is 10.2 Å². The molecule has 144 valence electrons. The summed E-state index contributed by atoms with van der Waals surface area (Å²) in [6, 6.07) is 5.05. The molecule has 0 radical (unpaired) electrons. The molecule has 2 rings (SSSR count). The second kappa shape index (κ2) is 7.85. The largest absolute Gasteiger partial charge is 0.493 e. The molecule has 1 fully saturated rings. The summed E-state index contributed by atoms with van der Waals surface area (Å²) in [6.07, 6.45) is 0.490. The van der Waals surface area contributed by atoms with Crippen molar-refractivity contribution in [3.63, 3.8) is 0 Å². The molecule has 2 unspecified atom stereocenters. The molecule has 0 bridgehead atoms. The van der Waals surface area contributed by atoms with Crippen LogP contribution in [-0.2, 0) is 4.79 Å². The summed E-state index contributed by atoms with van der Waals surface area (Å²) in [5.41, 5.74) is 0.00565. The Bertz CT molecular complexity index is 676. The molecule has 2 amide bonds. The van der Waals surface area contributed by atoms with Gasteiger partial charge in [-0.1, -0.05) is 6.07 Å². The first-order chi connectivity index (χ1) is 12.2. The average Bonchev–Trinajstić information content (AvgIpc) is 2.98. The highest BCUT2D eigenvalue weighted by molar-refractivity contribution is 5.79. The summed E-state index contributed by atoms with van der Waals surface area (Å²) >= 11 is 0. The Kier molecular flexibility index (Phi) is 6.00. The fraction of sp³-hybridized carbons (Fsp3) is 0.579. The number of methoxy groups -OCH3 is 1. The minimum atomic E-state index is -0.875. The molecule has 1 saturated heterocycles. The van der Waals surface area contributed by atoms with E-state index in [0.29, 0.717) is 24.5 Å². The monoisotopic (exact) mass is 364 g/mol. The molecule has 7 nitrogen and oxygen atoms in total. The summed E-state index contributed by atoms with van der Waals surface area (Å²) in [5.74, 6) is 0.393. The number of rotatable bonds is 6. The van der Waals surface area contributed by atoms with Crippen LogP contribution in [-0.4, -0.2) is 48.3 Å². The number of carbonyl (C=O) groups is 2. The summed E-state index contributed by atoms with van der Waals surface area (Å²) in [4.78, 5) is 25.4.